The van der Waals surface area contributed by atoms with E-state index in [1.807, 2.05) is 18.2 Å². The molecule has 1 aliphatic heterocycles. The van der Waals surface area contributed by atoms with Crippen molar-refractivity contribution in [2.45, 2.75) is 19.4 Å². The van der Waals surface area contributed by atoms with Gasteiger partial charge < -0.3 is 15.8 Å². The van der Waals surface area contributed by atoms with Crippen molar-refractivity contribution < 1.29 is 4.74 Å². The van der Waals surface area contributed by atoms with Crippen LogP contribution in [0.2, 0.25) is 0 Å². The molecule has 18 heavy (non-hydrogen) atoms. The fraction of sp³-hybridized carbons (Fsp3) is 0.600. The number of rotatable bonds is 6. The summed E-state index contributed by atoms with van der Waals surface area (Å²) in [5, 5.41) is 3.52. The predicted molar refractivity (Wildman–Crippen MR) is 74.3 cm³/mol. The Balaban J connectivity index is 1.72. The molecule has 1 aromatic rings. The molecule has 1 aromatic carbocycles. The molecule has 0 spiro atoms. The second kappa shape index (κ2) is 6.88. The second-order valence-corrected chi connectivity index (χ2v) is 5.30. The average molecular weight is 248 g/mol. The first-order valence-corrected chi connectivity index (χ1v) is 6.86. The molecule has 100 valence electrons. The highest BCUT2D eigenvalue weighted by molar-refractivity contribution is 5.19. The molecule has 1 heterocycles. The molecule has 3 unspecified atom stereocenters. The number of nitrogens with two attached hydrogens (primary N) is 1. The maximum atomic E-state index is 6.27. The molecular formula is C15H24N2O. The molecule has 1 fully saturated rings. The highest BCUT2D eigenvalue weighted by atomic mass is 16.5. The quantitative estimate of drug-likeness (QED) is 0.809. The Labute approximate surface area is 110 Å². The molecule has 3 heteroatoms. The zero-order valence-corrected chi connectivity index (χ0v) is 11.1. The van der Waals surface area contributed by atoms with E-state index in [1.165, 1.54) is 12.0 Å². The summed E-state index contributed by atoms with van der Waals surface area (Å²) in [7, 11) is 0. The Kier molecular flexibility index (Phi) is 5.17. The van der Waals surface area contributed by atoms with E-state index in [9.17, 15) is 0 Å². The summed E-state index contributed by atoms with van der Waals surface area (Å²) < 4.78 is 5.37. The van der Waals surface area contributed by atoms with Gasteiger partial charge in [-0.25, -0.2) is 0 Å². The van der Waals surface area contributed by atoms with Gasteiger partial charge in [0, 0.05) is 19.2 Å². The minimum Gasteiger partial charge on any atom is -0.381 e. The Morgan fingerprint density at radius 3 is 2.83 bits per heavy atom. The normalized spacial score (nSPS) is 22.9. The Bertz CT molecular complexity index is 336. The SMILES string of the molecule is CC(CNCC1CCOC1)C(N)c1ccccc1. The molecule has 0 amide bonds. The van der Waals surface area contributed by atoms with Crippen LogP contribution in [0.4, 0.5) is 0 Å². The predicted octanol–water partition coefficient (Wildman–Crippen LogP) is 1.95. The van der Waals surface area contributed by atoms with Crippen LogP contribution in [0.5, 0.6) is 0 Å². The van der Waals surface area contributed by atoms with Crippen molar-refractivity contribution in [3.63, 3.8) is 0 Å². The molecule has 2 rings (SSSR count). The maximum absolute atomic E-state index is 6.27. The first kappa shape index (κ1) is 13.5. The zero-order chi connectivity index (χ0) is 12.8. The number of benzene rings is 1. The van der Waals surface area contributed by atoms with Crippen LogP contribution in [0.3, 0.4) is 0 Å². The summed E-state index contributed by atoms with van der Waals surface area (Å²) in [6.45, 7) is 6.05. The molecule has 0 radical (unpaired) electrons. The standard InChI is InChI=1S/C15H24N2O/c1-12(9-17-10-13-7-8-18-11-13)15(16)14-5-3-2-4-6-14/h2-6,12-13,15,17H,7-11,16H2,1H3. The summed E-state index contributed by atoms with van der Waals surface area (Å²) >= 11 is 0. The highest BCUT2D eigenvalue weighted by Gasteiger charge is 2.17. The minimum atomic E-state index is 0.110. The average Bonchev–Trinajstić information content (AvgIpc) is 2.92. The van der Waals surface area contributed by atoms with Crippen molar-refractivity contribution in [2.24, 2.45) is 17.6 Å². The van der Waals surface area contributed by atoms with E-state index in [2.05, 4.69) is 24.4 Å². The summed E-state index contributed by atoms with van der Waals surface area (Å²) in [6.07, 6.45) is 1.19. The second-order valence-electron chi connectivity index (χ2n) is 5.30. The third kappa shape index (κ3) is 3.80. The molecule has 3 nitrogen and oxygen atoms in total. The van der Waals surface area contributed by atoms with Crippen molar-refractivity contribution in [1.82, 2.24) is 5.32 Å². The summed E-state index contributed by atoms with van der Waals surface area (Å²) in [5.41, 5.74) is 7.49. The Morgan fingerprint density at radius 2 is 2.17 bits per heavy atom. The molecule has 3 atom stereocenters. The molecule has 0 saturated carbocycles. The molecule has 1 saturated heterocycles. The third-order valence-electron chi connectivity index (χ3n) is 3.72. The van der Waals surface area contributed by atoms with Gasteiger partial charge in [-0.2, -0.15) is 0 Å². The van der Waals surface area contributed by atoms with Gasteiger partial charge >= 0.3 is 0 Å². The Hall–Kier alpha value is -0.900. The first-order valence-electron chi connectivity index (χ1n) is 6.86. The van der Waals surface area contributed by atoms with Crippen LogP contribution in [-0.4, -0.2) is 26.3 Å². The van der Waals surface area contributed by atoms with Gasteiger partial charge in [0.05, 0.1) is 6.61 Å². The number of ether oxygens (including phenoxy) is 1. The number of hydrogen-bond donors (Lipinski definition) is 2. The first-order chi connectivity index (χ1) is 8.77. The van der Waals surface area contributed by atoms with E-state index >= 15 is 0 Å². The lowest BCUT2D eigenvalue weighted by Gasteiger charge is -2.21. The van der Waals surface area contributed by atoms with Crippen molar-refractivity contribution >= 4 is 0 Å². The van der Waals surface area contributed by atoms with Crippen molar-refractivity contribution in [2.75, 3.05) is 26.3 Å². The van der Waals surface area contributed by atoms with Gasteiger partial charge in [0.1, 0.15) is 0 Å². The number of hydrogen-bond acceptors (Lipinski definition) is 3. The van der Waals surface area contributed by atoms with E-state index < -0.39 is 0 Å². The summed E-state index contributed by atoms with van der Waals surface area (Å²) in [4.78, 5) is 0. The lowest BCUT2D eigenvalue weighted by Crippen LogP contribution is -2.32. The van der Waals surface area contributed by atoms with Crippen LogP contribution in [0, 0.1) is 11.8 Å². The van der Waals surface area contributed by atoms with E-state index in [-0.39, 0.29) is 6.04 Å². The fourth-order valence-electron chi connectivity index (χ4n) is 2.39. The van der Waals surface area contributed by atoms with Crippen LogP contribution in [0.15, 0.2) is 30.3 Å². The lowest BCUT2D eigenvalue weighted by molar-refractivity contribution is 0.185. The zero-order valence-electron chi connectivity index (χ0n) is 11.1. The van der Waals surface area contributed by atoms with E-state index in [4.69, 9.17) is 10.5 Å². The van der Waals surface area contributed by atoms with Crippen molar-refractivity contribution in [1.29, 1.82) is 0 Å². The van der Waals surface area contributed by atoms with Gasteiger partial charge in [0.25, 0.3) is 0 Å². The van der Waals surface area contributed by atoms with E-state index in [0.29, 0.717) is 11.8 Å². The summed E-state index contributed by atoms with van der Waals surface area (Å²) in [5.74, 6) is 1.12. The van der Waals surface area contributed by atoms with Gasteiger partial charge in [0.15, 0.2) is 0 Å². The summed E-state index contributed by atoms with van der Waals surface area (Å²) in [6, 6.07) is 10.4. The van der Waals surface area contributed by atoms with Crippen LogP contribution >= 0.6 is 0 Å². The smallest absolute Gasteiger partial charge is 0.0507 e. The van der Waals surface area contributed by atoms with Gasteiger partial charge in [0.2, 0.25) is 0 Å². The van der Waals surface area contributed by atoms with Gasteiger partial charge in [-0.1, -0.05) is 37.3 Å². The van der Waals surface area contributed by atoms with Crippen LogP contribution in [0.1, 0.15) is 24.9 Å². The number of nitrogens with one attached hydrogen (secondary N) is 1. The molecule has 0 aliphatic carbocycles. The van der Waals surface area contributed by atoms with Gasteiger partial charge in [-0.15, -0.1) is 0 Å². The highest BCUT2D eigenvalue weighted by Crippen LogP contribution is 2.18. The monoisotopic (exact) mass is 248 g/mol. The molecule has 0 aromatic heterocycles. The largest absolute Gasteiger partial charge is 0.381 e. The third-order valence-corrected chi connectivity index (χ3v) is 3.72. The molecule has 0 bridgehead atoms. The van der Waals surface area contributed by atoms with E-state index in [0.717, 1.165) is 26.3 Å². The maximum Gasteiger partial charge on any atom is 0.0507 e. The molecule has 3 N–H and O–H groups in total. The van der Waals surface area contributed by atoms with Crippen LogP contribution < -0.4 is 11.1 Å². The van der Waals surface area contributed by atoms with Gasteiger partial charge in [-0.3, -0.25) is 0 Å². The van der Waals surface area contributed by atoms with Gasteiger partial charge in [-0.05, 0) is 30.4 Å². The van der Waals surface area contributed by atoms with Crippen LogP contribution in [-0.2, 0) is 4.74 Å². The Morgan fingerprint density at radius 1 is 1.39 bits per heavy atom. The fourth-order valence-corrected chi connectivity index (χ4v) is 2.39. The molecule has 1 aliphatic rings. The van der Waals surface area contributed by atoms with Crippen LogP contribution in [0.25, 0.3) is 0 Å². The topological polar surface area (TPSA) is 47.3 Å². The molecular weight excluding hydrogens is 224 g/mol. The van der Waals surface area contributed by atoms with Crippen molar-refractivity contribution in [3.8, 4) is 0 Å². The van der Waals surface area contributed by atoms with Crippen molar-refractivity contribution in [3.05, 3.63) is 35.9 Å². The van der Waals surface area contributed by atoms with E-state index in [1.54, 1.807) is 0 Å². The lowest BCUT2D eigenvalue weighted by atomic mass is 9.95. The minimum absolute atomic E-state index is 0.110.